The molecule has 0 aliphatic carbocycles. The fourth-order valence-corrected chi connectivity index (χ4v) is 0.289. The molecule has 0 aromatic heterocycles. The van der Waals surface area contributed by atoms with Gasteiger partial charge in [-0.25, -0.2) is 0 Å². The molecule has 0 aromatic rings. The third kappa shape index (κ3) is 32.5. The first kappa shape index (κ1) is 17.9. The molecular weight excluding hydrogens is 146 g/mol. The lowest BCUT2D eigenvalue weighted by Gasteiger charge is -1.98. The maximum atomic E-state index is 2.93. The maximum Gasteiger partial charge on any atom is -0.00804 e. The van der Waals surface area contributed by atoms with E-state index in [-0.39, 0.29) is 0 Å². The first-order valence-electron chi connectivity index (χ1n) is 5.37. The Morgan fingerprint density at radius 2 is 1.25 bits per heavy atom. The summed E-state index contributed by atoms with van der Waals surface area (Å²) in [6, 6.07) is 0. The zero-order chi connectivity index (χ0) is 10.4. The molecule has 1 nitrogen and oxygen atoms in total. The molecule has 0 aliphatic rings. The van der Waals surface area contributed by atoms with E-state index in [9.17, 15) is 0 Å². The van der Waals surface area contributed by atoms with Crippen molar-refractivity contribution in [1.29, 1.82) is 0 Å². The second kappa shape index (κ2) is 22.4. The van der Waals surface area contributed by atoms with Crippen molar-refractivity contribution in [1.82, 2.24) is 5.32 Å². The molecule has 0 rings (SSSR count). The zero-order valence-electron chi connectivity index (χ0n) is 10.2. The molecule has 0 saturated carbocycles. The second-order valence-corrected chi connectivity index (χ2v) is 2.63. The Balaban J connectivity index is -0.000000118. The number of nitrogens with one attached hydrogen (secondary N) is 1. The van der Waals surface area contributed by atoms with E-state index < -0.39 is 0 Å². The largest absolute Gasteiger partial charge is 0.320 e. The number of hydrogen-bond acceptors (Lipinski definition) is 1. The topological polar surface area (TPSA) is 12.0 Å². The normalized spacial score (nSPS) is 8.00. The summed E-state index contributed by atoms with van der Waals surface area (Å²) in [5.74, 6) is 0.935. The van der Waals surface area contributed by atoms with Gasteiger partial charge in [0, 0.05) is 0 Å². The van der Waals surface area contributed by atoms with Crippen molar-refractivity contribution in [3.05, 3.63) is 0 Å². The molecule has 0 radical (unpaired) electrons. The average molecular weight is 175 g/mol. The van der Waals surface area contributed by atoms with Gasteiger partial charge >= 0.3 is 0 Å². The predicted molar refractivity (Wildman–Crippen MR) is 60.7 cm³/mol. The van der Waals surface area contributed by atoms with Crippen LogP contribution in [-0.4, -0.2) is 13.6 Å². The van der Waals surface area contributed by atoms with Crippen molar-refractivity contribution < 1.29 is 0 Å². The monoisotopic (exact) mass is 175 g/mol. The van der Waals surface area contributed by atoms with Crippen molar-refractivity contribution in [3.8, 4) is 0 Å². The molecule has 0 aromatic carbocycles. The van der Waals surface area contributed by atoms with Gasteiger partial charge in [-0.1, -0.05) is 54.4 Å². The highest BCUT2D eigenvalue weighted by Crippen LogP contribution is 2.02. The van der Waals surface area contributed by atoms with E-state index in [1.54, 1.807) is 0 Å². The summed E-state index contributed by atoms with van der Waals surface area (Å²) < 4.78 is 0. The quantitative estimate of drug-likeness (QED) is 0.690. The average Bonchev–Trinajstić information content (AvgIpc) is 2.20. The van der Waals surface area contributed by atoms with Gasteiger partial charge in [-0.15, -0.1) is 0 Å². The number of rotatable bonds is 3. The fraction of sp³-hybridized carbons (Fsp3) is 1.00. The van der Waals surface area contributed by atoms with Crippen molar-refractivity contribution >= 4 is 0 Å². The van der Waals surface area contributed by atoms with Crippen LogP contribution in [0.15, 0.2) is 0 Å². The summed E-state index contributed by atoms with van der Waals surface area (Å²) >= 11 is 0. The third-order valence-electron chi connectivity index (χ3n) is 1.75. The van der Waals surface area contributed by atoms with Crippen LogP contribution in [-0.2, 0) is 0 Å². The zero-order valence-corrected chi connectivity index (χ0v) is 10.2. The Labute approximate surface area is 80.0 Å². The third-order valence-corrected chi connectivity index (χ3v) is 1.75. The molecule has 0 bridgehead atoms. The summed E-state index contributed by atoms with van der Waals surface area (Å²) in [5, 5.41) is 2.93. The van der Waals surface area contributed by atoms with Crippen LogP contribution in [0.3, 0.4) is 0 Å². The molecule has 0 fully saturated rings. The Bertz CT molecular complexity index is 38.3. The van der Waals surface area contributed by atoms with E-state index in [0.717, 1.165) is 12.5 Å². The van der Waals surface area contributed by atoms with Crippen molar-refractivity contribution in [2.24, 2.45) is 5.92 Å². The van der Waals surface area contributed by atoms with Crippen LogP contribution in [0.1, 0.15) is 54.4 Å². The van der Waals surface area contributed by atoms with Gasteiger partial charge in [-0.05, 0) is 19.5 Å². The number of hydrogen-bond donors (Lipinski definition) is 1. The smallest absolute Gasteiger partial charge is 0.00804 e. The van der Waals surface area contributed by atoms with Gasteiger partial charge in [-0.2, -0.15) is 0 Å². The summed E-state index contributed by atoms with van der Waals surface area (Å²) in [5.41, 5.74) is 0. The SMILES string of the molecule is CC.CCC(C)CC.CCNC. The predicted octanol–water partition coefficient (Wildman–Crippen LogP) is 3.69. The van der Waals surface area contributed by atoms with Crippen LogP contribution < -0.4 is 5.32 Å². The second-order valence-electron chi connectivity index (χ2n) is 2.63. The van der Waals surface area contributed by atoms with Gasteiger partial charge in [0.25, 0.3) is 0 Å². The van der Waals surface area contributed by atoms with Gasteiger partial charge in [0.05, 0.1) is 0 Å². The molecule has 0 aliphatic heterocycles. The van der Waals surface area contributed by atoms with E-state index in [0.29, 0.717) is 0 Å². The molecule has 0 saturated heterocycles. The molecule has 1 heteroatoms. The summed E-state index contributed by atoms with van der Waals surface area (Å²) in [7, 11) is 1.93. The van der Waals surface area contributed by atoms with Crippen LogP contribution in [0.25, 0.3) is 0 Å². The van der Waals surface area contributed by atoms with Gasteiger partial charge in [0.15, 0.2) is 0 Å². The minimum Gasteiger partial charge on any atom is -0.320 e. The lowest BCUT2D eigenvalue weighted by atomic mass is 10.1. The standard InChI is InChI=1S/C6H14.C3H9N.C2H6/c1-4-6(3)5-2;1-3-4-2;1-2/h6H,4-5H2,1-3H3;4H,3H2,1-2H3;1-2H3. The highest BCUT2D eigenvalue weighted by Gasteiger charge is 1.88. The maximum absolute atomic E-state index is 2.93. The lowest BCUT2D eigenvalue weighted by molar-refractivity contribution is 0.544. The molecule has 0 heterocycles. The van der Waals surface area contributed by atoms with E-state index in [2.05, 4.69) is 33.0 Å². The molecule has 78 valence electrons. The van der Waals surface area contributed by atoms with E-state index in [1.807, 2.05) is 20.9 Å². The van der Waals surface area contributed by atoms with Crippen LogP contribution >= 0.6 is 0 Å². The molecule has 0 amide bonds. The van der Waals surface area contributed by atoms with Gasteiger partial charge in [-0.3, -0.25) is 0 Å². The Kier molecular flexibility index (Phi) is 33.5. The molecule has 0 unspecified atom stereocenters. The minimum atomic E-state index is 0.935. The Hall–Kier alpha value is -0.0400. The highest BCUT2D eigenvalue weighted by atomic mass is 14.8. The lowest BCUT2D eigenvalue weighted by Crippen LogP contribution is -2.01. The minimum absolute atomic E-state index is 0.935. The molecule has 1 N–H and O–H groups in total. The Morgan fingerprint density at radius 1 is 1.00 bits per heavy atom. The first-order valence-corrected chi connectivity index (χ1v) is 5.37. The van der Waals surface area contributed by atoms with E-state index in [4.69, 9.17) is 0 Å². The van der Waals surface area contributed by atoms with Gasteiger partial charge in [0.2, 0.25) is 0 Å². The Morgan fingerprint density at radius 3 is 1.25 bits per heavy atom. The van der Waals surface area contributed by atoms with E-state index in [1.165, 1.54) is 12.8 Å². The van der Waals surface area contributed by atoms with Crippen LogP contribution in [0, 0.1) is 5.92 Å². The molecular formula is C11H29N. The van der Waals surface area contributed by atoms with Crippen molar-refractivity contribution in [2.75, 3.05) is 13.6 Å². The first-order chi connectivity index (χ1) is 5.72. The van der Waals surface area contributed by atoms with Gasteiger partial charge < -0.3 is 5.32 Å². The molecule has 12 heavy (non-hydrogen) atoms. The van der Waals surface area contributed by atoms with Crippen molar-refractivity contribution in [2.45, 2.75) is 54.4 Å². The summed E-state index contributed by atoms with van der Waals surface area (Å²) in [6.45, 7) is 13.9. The van der Waals surface area contributed by atoms with Crippen LogP contribution in [0.4, 0.5) is 0 Å². The fourth-order valence-electron chi connectivity index (χ4n) is 0.289. The summed E-state index contributed by atoms with van der Waals surface area (Å²) in [6.07, 6.45) is 2.66. The molecule has 0 atom stereocenters. The van der Waals surface area contributed by atoms with Gasteiger partial charge in [0.1, 0.15) is 0 Å². The van der Waals surface area contributed by atoms with Crippen molar-refractivity contribution in [3.63, 3.8) is 0 Å². The van der Waals surface area contributed by atoms with E-state index >= 15 is 0 Å². The van der Waals surface area contributed by atoms with Crippen LogP contribution in [0.2, 0.25) is 0 Å². The highest BCUT2D eigenvalue weighted by molar-refractivity contribution is 4.41. The summed E-state index contributed by atoms with van der Waals surface area (Å²) in [4.78, 5) is 0. The molecule has 0 spiro atoms. The van der Waals surface area contributed by atoms with Crippen LogP contribution in [0.5, 0.6) is 0 Å².